The van der Waals surface area contributed by atoms with Crippen molar-refractivity contribution in [1.29, 1.82) is 0 Å². The number of carbonyl (C=O) groups is 1. The van der Waals surface area contributed by atoms with Gasteiger partial charge in [0.2, 0.25) is 10.0 Å². The smallest absolute Gasteiger partial charge is 0.257 e. The van der Waals surface area contributed by atoms with E-state index in [2.05, 4.69) is 10.5 Å². The number of benzene rings is 1. The number of amides is 1. The number of nitrogens with zero attached hydrogens (tertiary/aromatic N) is 1. The molecular weight excluding hydrogens is 318 g/mol. The van der Waals surface area contributed by atoms with Crippen LogP contribution >= 0.6 is 0 Å². The van der Waals surface area contributed by atoms with Crippen molar-refractivity contribution in [3.63, 3.8) is 0 Å². The van der Waals surface area contributed by atoms with Gasteiger partial charge in [0.05, 0.1) is 11.4 Å². The molecule has 1 amide bonds. The first-order valence-corrected chi connectivity index (χ1v) is 8.83. The first-order chi connectivity index (χ1) is 10.8. The van der Waals surface area contributed by atoms with Crippen molar-refractivity contribution in [2.75, 3.05) is 0 Å². The van der Waals surface area contributed by atoms with Crippen LogP contribution in [0.3, 0.4) is 0 Å². The van der Waals surface area contributed by atoms with E-state index in [1.54, 1.807) is 31.2 Å². The van der Waals surface area contributed by atoms with Crippen LogP contribution in [0.5, 0.6) is 0 Å². The van der Waals surface area contributed by atoms with Crippen molar-refractivity contribution < 1.29 is 17.7 Å². The summed E-state index contributed by atoms with van der Waals surface area (Å²) < 4.78 is 27.1. The van der Waals surface area contributed by atoms with Gasteiger partial charge in [-0.25, -0.2) is 13.6 Å². The zero-order valence-corrected chi connectivity index (χ0v) is 13.8. The highest BCUT2D eigenvalue weighted by Crippen LogP contribution is 2.14. The normalized spacial score (nSPS) is 11.4. The topological polar surface area (TPSA) is 115 Å². The zero-order chi connectivity index (χ0) is 17.0. The minimum absolute atomic E-state index is 0.209. The van der Waals surface area contributed by atoms with Crippen LogP contribution in [0.4, 0.5) is 0 Å². The predicted molar refractivity (Wildman–Crippen MR) is 85.0 cm³/mol. The quantitative estimate of drug-likeness (QED) is 0.823. The zero-order valence-electron chi connectivity index (χ0n) is 13.0. The third-order valence-corrected chi connectivity index (χ3v) is 4.07. The number of sulfonamides is 1. The molecule has 0 radical (unpaired) electrons. The maximum atomic E-state index is 12.2. The van der Waals surface area contributed by atoms with Crippen molar-refractivity contribution in [1.82, 2.24) is 10.5 Å². The summed E-state index contributed by atoms with van der Waals surface area (Å²) in [7, 11) is -3.54. The first kappa shape index (κ1) is 17.2. The van der Waals surface area contributed by atoms with Crippen LogP contribution in [0.15, 0.2) is 28.8 Å². The van der Waals surface area contributed by atoms with Gasteiger partial charge in [0.1, 0.15) is 11.3 Å². The van der Waals surface area contributed by atoms with Gasteiger partial charge in [-0.1, -0.05) is 36.3 Å². The fourth-order valence-corrected chi connectivity index (χ4v) is 2.86. The van der Waals surface area contributed by atoms with Gasteiger partial charge in [0, 0.05) is 6.54 Å². The van der Waals surface area contributed by atoms with E-state index in [9.17, 15) is 13.2 Å². The Kier molecular flexibility index (Phi) is 5.17. The lowest BCUT2D eigenvalue weighted by atomic mass is 10.1. The Morgan fingerprint density at radius 3 is 2.43 bits per heavy atom. The van der Waals surface area contributed by atoms with Crippen molar-refractivity contribution >= 4 is 15.9 Å². The molecule has 1 aromatic carbocycles. The first-order valence-electron chi connectivity index (χ1n) is 7.11. The maximum Gasteiger partial charge on any atom is 0.257 e. The molecule has 1 heterocycles. The molecule has 0 aliphatic rings. The minimum Gasteiger partial charge on any atom is -0.361 e. The summed E-state index contributed by atoms with van der Waals surface area (Å²) in [5.74, 6) is 0.0383. The molecule has 0 atom stereocenters. The lowest BCUT2D eigenvalue weighted by Crippen LogP contribution is -2.24. The number of rotatable bonds is 6. The Labute approximate surface area is 134 Å². The van der Waals surface area contributed by atoms with Gasteiger partial charge in [-0.3, -0.25) is 4.79 Å². The highest BCUT2D eigenvalue weighted by Gasteiger charge is 2.18. The van der Waals surface area contributed by atoms with Crippen LogP contribution in [0.25, 0.3) is 0 Å². The lowest BCUT2D eigenvalue weighted by Gasteiger charge is -2.06. The number of nitrogens with one attached hydrogen (secondary N) is 1. The summed E-state index contributed by atoms with van der Waals surface area (Å²) in [5.41, 5.74) is 2.55. The molecule has 0 fully saturated rings. The average Bonchev–Trinajstić information content (AvgIpc) is 2.85. The van der Waals surface area contributed by atoms with Crippen LogP contribution in [0.2, 0.25) is 0 Å². The molecule has 0 saturated heterocycles. The van der Waals surface area contributed by atoms with Crippen LogP contribution in [-0.4, -0.2) is 19.5 Å². The molecule has 0 aliphatic heterocycles. The second kappa shape index (κ2) is 6.93. The molecule has 23 heavy (non-hydrogen) atoms. The molecular formula is C15H19N3O4S. The number of hydrogen-bond acceptors (Lipinski definition) is 5. The number of aryl methyl sites for hydroxylation is 2. The van der Waals surface area contributed by atoms with E-state index in [4.69, 9.17) is 9.66 Å². The Bertz CT molecular complexity index is 795. The van der Waals surface area contributed by atoms with E-state index in [0.29, 0.717) is 35.5 Å². The van der Waals surface area contributed by atoms with E-state index in [-0.39, 0.29) is 11.7 Å². The van der Waals surface area contributed by atoms with Crippen LogP contribution in [0, 0.1) is 6.92 Å². The summed E-state index contributed by atoms with van der Waals surface area (Å²) in [4.78, 5) is 12.2. The Hall–Kier alpha value is -2.19. The van der Waals surface area contributed by atoms with E-state index in [1.807, 2.05) is 6.92 Å². The molecule has 2 aromatic rings. The van der Waals surface area contributed by atoms with Gasteiger partial charge in [-0.05, 0) is 24.5 Å². The molecule has 7 nitrogen and oxygen atoms in total. The Balaban J connectivity index is 2.00. The molecule has 0 saturated carbocycles. The third kappa shape index (κ3) is 4.64. The molecule has 2 rings (SSSR count). The van der Waals surface area contributed by atoms with Crippen molar-refractivity contribution in [3.8, 4) is 0 Å². The largest absolute Gasteiger partial charge is 0.361 e. The Morgan fingerprint density at radius 2 is 1.87 bits per heavy atom. The van der Waals surface area contributed by atoms with Gasteiger partial charge in [-0.2, -0.15) is 0 Å². The molecule has 0 unspecified atom stereocenters. The monoisotopic (exact) mass is 337 g/mol. The Morgan fingerprint density at radius 1 is 1.26 bits per heavy atom. The summed E-state index contributed by atoms with van der Waals surface area (Å²) in [6.07, 6.45) is 0.613. The molecule has 1 aromatic heterocycles. The fourth-order valence-electron chi connectivity index (χ4n) is 2.21. The number of carbonyl (C=O) groups excluding carboxylic acids is 1. The summed E-state index contributed by atoms with van der Waals surface area (Å²) in [6, 6.07) is 6.85. The number of hydrogen-bond donors (Lipinski definition) is 2. The van der Waals surface area contributed by atoms with Crippen molar-refractivity contribution in [2.45, 2.75) is 32.6 Å². The van der Waals surface area contributed by atoms with Crippen molar-refractivity contribution in [2.24, 2.45) is 5.14 Å². The third-order valence-electron chi connectivity index (χ3n) is 3.34. The van der Waals surface area contributed by atoms with Gasteiger partial charge in [0.25, 0.3) is 5.91 Å². The van der Waals surface area contributed by atoms with Gasteiger partial charge >= 0.3 is 0 Å². The minimum atomic E-state index is -3.54. The highest BCUT2D eigenvalue weighted by molar-refractivity contribution is 7.88. The molecule has 124 valence electrons. The number of primary sulfonamides is 1. The number of nitrogens with two attached hydrogens (primary N) is 1. The fraction of sp³-hybridized carbons (Fsp3) is 0.333. The number of aromatic nitrogens is 1. The second-order valence-electron chi connectivity index (χ2n) is 5.22. The van der Waals surface area contributed by atoms with Crippen molar-refractivity contribution in [3.05, 3.63) is 52.4 Å². The second-order valence-corrected chi connectivity index (χ2v) is 6.83. The van der Waals surface area contributed by atoms with E-state index >= 15 is 0 Å². The lowest BCUT2D eigenvalue weighted by molar-refractivity contribution is 0.0948. The average molecular weight is 337 g/mol. The van der Waals surface area contributed by atoms with E-state index in [0.717, 1.165) is 5.56 Å². The summed E-state index contributed by atoms with van der Waals surface area (Å²) in [6.45, 7) is 3.92. The molecule has 0 bridgehead atoms. The highest BCUT2D eigenvalue weighted by atomic mass is 32.2. The molecule has 8 heteroatoms. The van der Waals surface area contributed by atoms with Gasteiger partial charge < -0.3 is 9.84 Å². The SMILES string of the molecule is CCc1noc(C)c1C(=O)NCc1ccc(CS(N)(=O)=O)cc1. The predicted octanol–water partition coefficient (Wildman–Crippen LogP) is 1.26. The standard InChI is InChI=1S/C15H19N3O4S/c1-3-13-14(10(2)22-18-13)15(19)17-8-11-4-6-12(7-5-11)9-23(16,20)21/h4-7H,3,8-9H2,1-2H3,(H,17,19)(H2,16,20,21). The molecule has 0 spiro atoms. The van der Waals surface area contributed by atoms with Crippen LogP contribution < -0.4 is 10.5 Å². The van der Waals surface area contributed by atoms with Crippen LogP contribution in [0.1, 0.15) is 39.9 Å². The van der Waals surface area contributed by atoms with Gasteiger partial charge in [-0.15, -0.1) is 0 Å². The van der Waals surface area contributed by atoms with Crippen LogP contribution in [-0.2, 0) is 28.7 Å². The summed E-state index contributed by atoms with van der Waals surface area (Å²) >= 11 is 0. The maximum absolute atomic E-state index is 12.2. The van der Waals surface area contributed by atoms with Gasteiger partial charge in [0.15, 0.2) is 0 Å². The molecule has 3 N–H and O–H groups in total. The molecule has 0 aliphatic carbocycles. The summed E-state index contributed by atoms with van der Waals surface area (Å²) in [5, 5.41) is 11.7. The van der Waals surface area contributed by atoms with E-state index < -0.39 is 10.0 Å². The van der Waals surface area contributed by atoms with E-state index in [1.165, 1.54) is 0 Å².